The molecule has 0 aromatic rings. The van der Waals surface area contributed by atoms with Gasteiger partial charge in [0.05, 0.1) is 12.7 Å². The number of rotatable bonds is 4. The maximum atomic E-state index is 9.23. The molecule has 0 saturated carbocycles. The second-order valence-corrected chi connectivity index (χ2v) is 5.21. The minimum absolute atomic E-state index is 0. The summed E-state index contributed by atoms with van der Waals surface area (Å²) in [5.74, 6) is -2.50. The lowest BCUT2D eigenvalue weighted by Gasteiger charge is -2.19. The van der Waals surface area contributed by atoms with Gasteiger partial charge in [-0.15, -0.1) is 0 Å². The Morgan fingerprint density at radius 1 is 1.17 bits per heavy atom. The Hall–Kier alpha value is -0.200. The third-order valence-corrected chi connectivity index (χ3v) is 1.92. The maximum Gasteiger partial charge on any atom is 0.159 e. The van der Waals surface area contributed by atoms with Gasteiger partial charge in [0.25, 0.3) is 0 Å². The lowest BCUT2D eigenvalue weighted by molar-refractivity contribution is -0.179. The molecule has 1 unspecified atom stereocenters. The summed E-state index contributed by atoms with van der Waals surface area (Å²) >= 11 is 0. The summed E-state index contributed by atoms with van der Waals surface area (Å²) in [5.41, 5.74) is 0. The van der Waals surface area contributed by atoms with Gasteiger partial charge in [-0.3, -0.25) is 0 Å². The van der Waals surface area contributed by atoms with Crippen molar-refractivity contribution >= 4 is 0 Å². The molecule has 0 radical (unpaired) electrons. The van der Waals surface area contributed by atoms with Gasteiger partial charge in [-0.05, 0) is 47.0 Å². The number of hydrogen-bond donors (Lipinski definition) is 3. The van der Waals surface area contributed by atoms with Crippen molar-refractivity contribution in [2.45, 2.75) is 72.1 Å². The Labute approximate surface area is 111 Å². The summed E-state index contributed by atoms with van der Waals surface area (Å²) in [5, 5.41) is 25.4. The van der Waals surface area contributed by atoms with E-state index in [1.165, 1.54) is 13.8 Å². The van der Waals surface area contributed by atoms with E-state index >= 15 is 0 Å². The van der Waals surface area contributed by atoms with Gasteiger partial charge in [0.2, 0.25) is 0 Å². The highest BCUT2D eigenvalue weighted by atomic mass is 16.6. The molecule has 0 aliphatic carbocycles. The van der Waals surface area contributed by atoms with Gasteiger partial charge >= 0.3 is 0 Å². The lowest BCUT2D eigenvalue weighted by atomic mass is 10.2. The van der Waals surface area contributed by atoms with Crippen LogP contribution in [0, 0.1) is 0 Å². The molecule has 1 atom stereocenters. The molecule has 0 aromatic heterocycles. The summed E-state index contributed by atoms with van der Waals surface area (Å²) in [6.07, 6.45) is 3.54. The SMILES string of the molecule is C.CC(C)(O)O.CC(C)(O)OCCC1CCCO1. The number of ether oxygens (including phenoxy) is 2. The Bertz CT molecular complexity index is 181. The third kappa shape index (κ3) is 18.2. The molecule has 3 N–H and O–H groups in total. The summed E-state index contributed by atoms with van der Waals surface area (Å²) in [7, 11) is 0. The molecular formula is C13H30O5. The average Bonchev–Trinajstić information content (AvgIpc) is 2.50. The van der Waals surface area contributed by atoms with E-state index in [2.05, 4.69) is 0 Å². The first-order valence-corrected chi connectivity index (χ1v) is 6.00. The fourth-order valence-corrected chi connectivity index (χ4v) is 1.31. The van der Waals surface area contributed by atoms with Crippen LogP contribution < -0.4 is 0 Å². The molecule has 1 saturated heterocycles. The van der Waals surface area contributed by atoms with E-state index < -0.39 is 11.6 Å². The Morgan fingerprint density at radius 2 is 1.67 bits per heavy atom. The van der Waals surface area contributed by atoms with E-state index in [0.717, 1.165) is 25.9 Å². The maximum absolute atomic E-state index is 9.23. The molecular weight excluding hydrogens is 236 g/mol. The number of aliphatic hydroxyl groups is 3. The molecule has 5 nitrogen and oxygen atoms in total. The Balaban J connectivity index is 0. The van der Waals surface area contributed by atoms with Crippen molar-refractivity contribution in [2.75, 3.05) is 13.2 Å². The fourth-order valence-electron chi connectivity index (χ4n) is 1.31. The van der Waals surface area contributed by atoms with Crippen molar-refractivity contribution in [1.82, 2.24) is 0 Å². The molecule has 1 rings (SSSR count). The zero-order valence-corrected chi connectivity index (χ0v) is 11.3. The van der Waals surface area contributed by atoms with Gasteiger partial charge in [0.15, 0.2) is 11.6 Å². The standard InChI is InChI=1S/C9H18O3.C3H8O2.CH4/c1-9(2,10)12-7-5-8-4-3-6-11-8;1-3(2,4)5;/h8,10H,3-7H2,1-2H3;4-5H,1-2H3;1H4. The molecule has 5 heteroatoms. The van der Waals surface area contributed by atoms with Crippen LogP contribution in [0.5, 0.6) is 0 Å². The summed E-state index contributed by atoms with van der Waals surface area (Å²) in [6.45, 7) is 7.34. The van der Waals surface area contributed by atoms with E-state index in [9.17, 15) is 5.11 Å². The van der Waals surface area contributed by atoms with Crippen LogP contribution in [0.15, 0.2) is 0 Å². The van der Waals surface area contributed by atoms with Gasteiger partial charge in [-0.25, -0.2) is 0 Å². The second kappa shape index (κ2) is 8.82. The van der Waals surface area contributed by atoms with Gasteiger partial charge in [0, 0.05) is 6.61 Å². The molecule has 18 heavy (non-hydrogen) atoms. The van der Waals surface area contributed by atoms with Crippen LogP contribution >= 0.6 is 0 Å². The molecule has 0 bridgehead atoms. The predicted octanol–water partition coefficient (Wildman–Crippen LogP) is 1.64. The van der Waals surface area contributed by atoms with Crippen molar-refractivity contribution in [3.05, 3.63) is 0 Å². The summed E-state index contributed by atoms with van der Waals surface area (Å²) in [6, 6.07) is 0. The van der Waals surface area contributed by atoms with Gasteiger partial charge in [-0.2, -0.15) is 0 Å². The van der Waals surface area contributed by atoms with E-state index in [4.69, 9.17) is 19.7 Å². The van der Waals surface area contributed by atoms with Gasteiger partial charge in [-0.1, -0.05) is 7.43 Å². The topological polar surface area (TPSA) is 79.2 Å². The van der Waals surface area contributed by atoms with E-state index in [1.54, 1.807) is 13.8 Å². The van der Waals surface area contributed by atoms with E-state index in [1.807, 2.05) is 0 Å². The first-order chi connectivity index (χ1) is 7.58. The monoisotopic (exact) mass is 266 g/mol. The molecule has 0 amide bonds. The van der Waals surface area contributed by atoms with Crippen molar-refractivity contribution in [1.29, 1.82) is 0 Å². The van der Waals surface area contributed by atoms with Crippen LogP contribution in [-0.2, 0) is 9.47 Å². The molecule has 0 aromatic carbocycles. The van der Waals surface area contributed by atoms with Crippen LogP contribution in [-0.4, -0.2) is 46.2 Å². The summed E-state index contributed by atoms with van der Waals surface area (Å²) in [4.78, 5) is 0. The molecule has 1 heterocycles. The van der Waals surface area contributed by atoms with Crippen molar-refractivity contribution < 1.29 is 24.8 Å². The minimum atomic E-state index is -1.50. The normalized spacial score (nSPS) is 19.8. The first-order valence-electron chi connectivity index (χ1n) is 6.00. The molecule has 112 valence electrons. The van der Waals surface area contributed by atoms with E-state index in [0.29, 0.717) is 12.7 Å². The largest absolute Gasteiger partial charge is 0.378 e. The molecule has 1 aliphatic rings. The highest BCUT2D eigenvalue weighted by Gasteiger charge is 2.17. The minimum Gasteiger partial charge on any atom is -0.378 e. The quantitative estimate of drug-likeness (QED) is 0.674. The van der Waals surface area contributed by atoms with Gasteiger partial charge < -0.3 is 24.8 Å². The third-order valence-electron chi connectivity index (χ3n) is 1.92. The zero-order valence-electron chi connectivity index (χ0n) is 11.3. The van der Waals surface area contributed by atoms with Crippen LogP contribution in [0.3, 0.4) is 0 Å². The first kappa shape index (κ1) is 20.1. The highest BCUT2D eigenvalue weighted by molar-refractivity contribution is 4.64. The predicted molar refractivity (Wildman–Crippen MR) is 71.1 cm³/mol. The molecule has 1 fully saturated rings. The Kier molecular flexibility index (Phi) is 9.87. The highest BCUT2D eigenvalue weighted by Crippen LogP contribution is 2.16. The smallest absolute Gasteiger partial charge is 0.159 e. The number of hydrogen-bond acceptors (Lipinski definition) is 5. The van der Waals surface area contributed by atoms with Gasteiger partial charge in [0.1, 0.15) is 0 Å². The summed E-state index contributed by atoms with van der Waals surface area (Å²) < 4.78 is 10.6. The molecule has 0 spiro atoms. The van der Waals surface area contributed by atoms with Crippen LogP contribution in [0.4, 0.5) is 0 Å². The van der Waals surface area contributed by atoms with Crippen LogP contribution in [0.1, 0.15) is 54.4 Å². The second-order valence-electron chi connectivity index (χ2n) is 5.21. The lowest BCUT2D eigenvalue weighted by Crippen LogP contribution is -2.25. The average molecular weight is 266 g/mol. The van der Waals surface area contributed by atoms with Crippen molar-refractivity contribution in [2.24, 2.45) is 0 Å². The Morgan fingerprint density at radius 3 is 2.00 bits per heavy atom. The molecule has 1 aliphatic heterocycles. The fraction of sp³-hybridized carbons (Fsp3) is 1.00. The van der Waals surface area contributed by atoms with Crippen LogP contribution in [0.2, 0.25) is 0 Å². The van der Waals surface area contributed by atoms with E-state index in [-0.39, 0.29) is 7.43 Å². The zero-order chi connectivity index (χ0) is 13.5. The van der Waals surface area contributed by atoms with Crippen molar-refractivity contribution in [3.63, 3.8) is 0 Å². The van der Waals surface area contributed by atoms with Crippen LogP contribution in [0.25, 0.3) is 0 Å². The van der Waals surface area contributed by atoms with Crippen molar-refractivity contribution in [3.8, 4) is 0 Å².